The normalized spacial score (nSPS) is 17.8. The van der Waals surface area contributed by atoms with E-state index >= 15 is 0 Å². The molecule has 1 aliphatic heterocycles. The van der Waals surface area contributed by atoms with Crippen LogP contribution in [0.1, 0.15) is 5.76 Å². The van der Waals surface area contributed by atoms with Crippen molar-refractivity contribution in [2.24, 2.45) is 5.92 Å². The lowest BCUT2D eigenvalue weighted by Crippen LogP contribution is -2.44. The number of carbonyl (C=O) groups excluding carboxylic acids is 1. The van der Waals surface area contributed by atoms with E-state index in [0.29, 0.717) is 43.3 Å². The van der Waals surface area contributed by atoms with Crippen LogP contribution in [0.25, 0.3) is 11.3 Å². The van der Waals surface area contributed by atoms with Crippen LogP contribution >= 0.6 is 0 Å². The summed E-state index contributed by atoms with van der Waals surface area (Å²) in [4.78, 5) is 16.4. The van der Waals surface area contributed by atoms with E-state index in [9.17, 15) is 9.18 Å². The van der Waals surface area contributed by atoms with Crippen LogP contribution in [0, 0.1) is 11.7 Å². The van der Waals surface area contributed by atoms with Crippen molar-refractivity contribution in [3.8, 4) is 11.3 Å². The molecule has 2 heterocycles. The highest BCUT2D eigenvalue weighted by molar-refractivity contribution is 5.74. The number of aromatic nitrogens is 1. The summed E-state index contributed by atoms with van der Waals surface area (Å²) in [7, 11) is 4.02. The molecule has 2 amide bonds. The Labute approximate surface area is 158 Å². The molecule has 0 saturated carbocycles. The summed E-state index contributed by atoms with van der Waals surface area (Å²) >= 11 is 0. The second-order valence-electron chi connectivity index (χ2n) is 7.00. The number of urea groups is 1. The minimum atomic E-state index is -0.332. The molecule has 27 heavy (non-hydrogen) atoms. The van der Waals surface area contributed by atoms with Crippen molar-refractivity contribution in [2.75, 3.05) is 46.9 Å². The number of rotatable bonds is 5. The molecule has 8 heteroatoms. The molecule has 1 aromatic carbocycles. The highest BCUT2D eigenvalue weighted by Crippen LogP contribution is 2.20. The van der Waals surface area contributed by atoms with Gasteiger partial charge >= 0.3 is 6.03 Å². The molecule has 2 aromatic rings. The average Bonchev–Trinajstić information content (AvgIpc) is 2.99. The van der Waals surface area contributed by atoms with Gasteiger partial charge in [0.2, 0.25) is 0 Å². The minimum absolute atomic E-state index is 0.159. The Morgan fingerprint density at radius 2 is 2.26 bits per heavy atom. The van der Waals surface area contributed by atoms with Gasteiger partial charge in [-0.25, -0.2) is 9.18 Å². The Kier molecular flexibility index (Phi) is 6.41. The zero-order valence-corrected chi connectivity index (χ0v) is 15.7. The molecule has 0 bridgehead atoms. The maximum atomic E-state index is 13.3. The van der Waals surface area contributed by atoms with E-state index in [1.807, 2.05) is 14.1 Å². The molecule has 0 radical (unpaired) electrons. The number of amides is 2. The molecule has 1 aliphatic rings. The number of carbonyl (C=O) groups is 1. The second-order valence-corrected chi connectivity index (χ2v) is 7.00. The molecule has 7 nitrogen and oxygen atoms in total. The molecule has 1 atom stereocenters. The Morgan fingerprint density at radius 1 is 1.41 bits per heavy atom. The Balaban J connectivity index is 1.55. The van der Waals surface area contributed by atoms with E-state index in [-0.39, 0.29) is 24.3 Å². The Hall–Kier alpha value is -2.45. The first-order chi connectivity index (χ1) is 13.0. The number of nitrogens with one attached hydrogen (secondary N) is 1. The standard InChI is InChI=1S/C19H25FN4O3/c1-23(2)11-14-12-24(6-7-26-13-14)19(25)21-10-17-9-18(22-27-17)15-4-3-5-16(20)8-15/h3-5,8-9,14H,6-7,10-13H2,1-2H3,(H,21,25)/t14-/m1/s1. The predicted molar refractivity (Wildman–Crippen MR) is 98.6 cm³/mol. The van der Waals surface area contributed by atoms with Crippen LogP contribution in [0.5, 0.6) is 0 Å². The van der Waals surface area contributed by atoms with Gasteiger partial charge in [0.1, 0.15) is 11.5 Å². The van der Waals surface area contributed by atoms with Crippen LogP contribution < -0.4 is 5.32 Å². The number of hydrogen-bond acceptors (Lipinski definition) is 5. The second kappa shape index (κ2) is 8.96. The number of benzene rings is 1. The summed E-state index contributed by atoms with van der Waals surface area (Å²) in [5, 5.41) is 6.80. The van der Waals surface area contributed by atoms with Crippen molar-refractivity contribution in [3.05, 3.63) is 41.9 Å². The highest BCUT2D eigenvalue weighted by Gasteiger charge is 2.23. The van der Waals surface area contributed by atoms with E-state index in [4.69, 9.17) is 9.26 Å². The van der Waals surface area contributed by atoms with Gasteiger partial charge in [-0.15, -0.1) is 0 Å². The van der Waals surface area contributed by atoms with E-state index in [1.165, 1.54) is 12.1 Å². The molecule has 3 rings (SSSR count). The summed E-state index contributed by atoms with van der Waals surface area (Å²) in [6.07, 6.45) is 0. The topological polar surface area (TPSA) is 70.8 Å². The zero-order chi connectivity index (χ0) is 19.2. The zero-order valence-electron chi connectivity index (χ0n) is 15.7. The number of hydrogen-bond donors (Lipinski definition) is 1. The Morgan fingerprint density at radius 3 is 3.04 bits per heavy atom. The molecule has 0 unspecified atom stereocenters. The van der Waals surface area contributed by atoms with Crippen molar-refractivity contribution >= 4 is 6.03 Å². The lowest BCUT2D eigenvalue weighted by molar-refractivity contribution is 0.112. The lowest BCUT2D eigenvalue weighted by Gasteiger charge is -2.25. The first-order valence-corrected chi connectivity index (χ1v) is 8.98. The van der Waals surface area contributed by atoms with Crippen LogP contribution in [0.3, 0.4) is 0 Å². The average molecular weight is 376 g/mol. The third-order valence-electron chi connectivity index (χ3n) is 4.34. The SMILES string of the molecule is CN(C)C[C@H]1COCCN(C(=O)NCc2cc(-c3cccc(F)c3)no2)C1. The monoisotopic (exact) mass is 376 g/mol. The minimum Gasteiger partial charge on any atom is -0.379 e. The van der Waals surface area contributed by atoms with Gasteiger partial charge in [-0.05, 0) is 26.2 Å². The predicted octanol–water partition coefficient (Wildman–Crippen LogP) is 2.20. The molecule has 0 spiro atoms. The molecule has 1 N–H and O–H groups in total. The summed E-state index contributed by atoms with van der Waals surface area (Å²) in [5.74, 6) is 0.456. The van der Waals surface area contributed by atoms with Gasteiger partial charge in [0.05, 0.1) is 19.8 Å². The van der Waals surface area contributed by atoms with Crippen LogP contribution in [0.15, 0.2) is 34.9 Å². The number of ether oxygens (including phenoxy) is 1. The van der Waals surface area contributed by atoms with E-state index < -0.39 is 0 Å². The number of halogens is 1. The fraction of sp³-hybridized carbons (Fsp3) is 0.474. The summed E-state index contributed by atoms with van der Waals surface area (Å²) < 4.78 is 24.2. The van der Waals surface area contributed by atoms with Gasteiger partial charge in [-0.1, -0.05) is 17.3 Å². The fourth-order valence-corrected chi connectivity index (χ4v) is 3.15. The van der Waals surface area contributed by atoms with Crippen LogP contribution in [0.4, 0.5) is 9.18 Å². The van der Waals surface area contributed by atoms with Gasteiger partial charge in [-0.3, -0.25) is 0 Å². The van der Waals surface area contributed by atoms with Crippen molar-refractivity contribution in [2.45, 2.75) is 6.54 Å². The van der Waals surface area contributed by atoms with Crippen molar-refractivity contribution in [3.63, 3.8) is 0 Å². The molecule has 0 aliphatic carbocycles. The van der Waals surface area contributed by atoms with Crippen LogP contribution in [-0.2, 0) is 11.3 Å². The maximum Gasteiger partial charge on any atom is 0.317 e. The first kappa shape index (κ1) is 19.3. The molecule has 146 valence electrons. The van der Waals surface area contributed by atoms with E-state index in [2.05, 4.69) is 15.4 Å². The third kappa shape index (κ3) is 5.51. The third-order valence-corrected chi connectivity index (χ3v) is 4.34. The van der Waals surface area contributed by atoms with Gasteiger partial charge in [-0.2, -0.15) is 0 Å². The molecule has 1 saturated heterocycles. The van der Waals surface area contributed by atoms with Gasteiger partial charge < -0.3 is 24.4 Å². The lowest BCUT2D eigenvalue weighted by atomic mass is 10.1. The van der Waals surface area contributed by atoms with Gasteiger partial charge in [0, 0.05) is 37.2 Å². The highest BCUT2D eigenvalue weighted by atomic mass is 19.1. The first-order valence-electron chi connectivity index (χ1n) is 8.98. The number of nitrogens with zero attached hydrogens (tertiary/aromatic N) is 3. The fourth-order valence-electron chi connectivity index (χ4n) is 3.15. The largest absolute Gasteiger partial charge is 0.379 e. The van der Waals surface area contributed by atoms with Crippen molar-refractivity contribution < 1.29 is 18.4 Å². The van der Waals surface area contributed by atoms with Crippen molar-refractivity contribution in [1.29, 1.82) is 0 Å². The van der Waals surface area contributed by atoms with E-state index in [0.717, 1.165) is 6.54 Å². The maximum absolute atomic E-state index is 13.3. The summed E-state index contributed by atoms with van der Waals surface area (Å²) in [6.45, 7) is 3.47. The van der Waals surface area contributed by atoms with Crippen LogP contribution in [0.2, 0.25) is 0 Å². The van der Waals surface area contributed by atoms with Gasteiger partial charge in [0.25, 0.3) is 0 Å². The van der Waals surface area contributed by atoms with E-state index in [1.54, 1.807) is 23.1 Å². The molecular formula is C19H25FN4O3. The summed E-state index contributed by atoms with van der Waals surface area (Å²) in [5.41, 5.74) is 1.17. The quantitative estimate of drug-likeness (QED) is 0.866. The summed E-state index contributed by atoms with van der Waals surface area (Å²) in [6, 6.07) is 7.68. The molecule has 1 fully saturated rings. The van der Waals surface area contributed by atoms with Crippen molar-refractivity contribution in [1.82, 2.24) is 20.3 Å². The van der Waals surface area contributed by atoms with Crippen LogP contribution in [-0.4, -0.2) is 67.9 Å². The molecule has 1 aromatic heterocycles. The molecular weight excluding hydrogens is 351 g/mol. The smallest absolute Gasteiger partial charge is 0.317 e. The Bertz CT molecular complexity index is 765. The van der Waals surface area contributed by atoms with Gasteiger partial charge in [0.15, 0.2) is 5.76 Å².